The van der Waals surface area contributed by atoms with Crippen LogP contribution in [-0.4, -0.2) is 73.4 Å². The number of carbonyl (C=O) groups excluding carboxylic acids is 1. The van der Waals surface area contributed by atoms with Gasteiger partial charge in [-0.05, 0) is 45.1 Å². The first-order valence-corrected chi connectivity index (χ1v) is 8.86. The lowest BCUT2D eigenvalue weighted by Gasteiger charge is -2.45. The second-order valence-electron chi connectivity index (χ2n) is 6.83. The first-order valence-electron chi connectivity index (χ1n) is 8.86. The molecular weight excluding hydrogens is 288 g/mol. The van der Waals surface area contributed by atoms with E-state index in [0.717, 1.165) is 31.7 Å². The summed E-state index contributed by atoms with van der Waals surface area (Å²) in [6.07, 6.45) is 6.33. The fraction of sp³-hybridized carbons (Fsp3) is 0.667. The molecule has 3 rings (SSSR count). The number of pyridine rings is 1. The van der Waals surface area contributed by atoms with E-state index in [2.05, 4.69) is 26.7 Å². The topological polar surface area (TPSA) is 39.7 Å². The number of likely N-dealkylation sites (N-methyl/N-ethyl adjacent to an activating group) is 1. The van der Waals surface area contributed by atoms with E-state index in [1.807, 2.05) is 12.1 Å². The van der Waals surface area contributed by atoms with Crippen molar-refractivity contribution in [1.82, 2.24) is 14.8 Å². The Kier molecular flexibility index (Phi) is 5.62. The highest BCUT2D eigenvalue weighted by Crippen LogP contribution is 2.21. The molecule has 0 aromatic carbocycles. The maximum atomic E-state index is 10.8. The number of carbonyl (C=O) groups is 1. The molecule has 0 bridgehead atoms. The molecule has 0 spiro atoms. The summed E-state index contributed by atoms with van der Waals surface area (Å²) < 4.78 is 0. The number of likely N-dealkylation sites (tertiary alicyclic amines) is 1. The van der Waals surface area contributed by atoms with E-state index in [0.29, 0.717) is 11.7 Å². The third-order valence-corrected chi connectivity index (χ3v) is 5.15. The Morgan fingerprint density at radius 3 is 2.65 bits per heavy atom. The maximum Gasteiger partial charge on any atom is 0.168 e. The van der Waals surface area contributed by atoms with Crippen LogP contribution >= 0.6 is 0 Å². The minimum atomic E-state index is 0.514. The molecule has 1 aromatic heterocycles. The number of aldehydes is 1. The third kappa shape index (κ3) is 4.30. The predicted molar refractivity (Wildman–Crippen MR) is 93.2 cm³/mol. The Labute approximate surface area is 139 Å². The highest BCUT2D eigenvalue weighted by molar-refractivity contribution is 5.72. The molecule has 126 valence electrons. The SMILES string of the molecule is CN(CCN1CCCCCC1)C1CN(c2cccc(C=O)n2)C1. The van der Waals surface area contributed by atoms with Crippen molar-refractivity contribution in [2.75, 3.05) is 51.2 Å². The van der Waals surface area contributed by atoms with Crippen molar-refractivity contribution in [2.45, 2.75) is 31.7 Å². The van der Waals surface area contributed by atoms with Gasteiger partial charge in [-0.15, -0.1) is 0 Å². The molecule has 0 N–H and O–H groups in total. The van der Waals surface area contributed by atoms with E-state index in [-0.39, 0.29) is 0 Å². The molecule has 0 radical (unpaired) electrons. The summed E-state index contributed by atoms with van der Waals surface area (Å²) in [6, 6.07) is 6.24. The lowest BCUT2D eigenvalue weighted by atomic mass is 10.1. The van der Waals surface area contributed by atoms with Gasteiger partial charge in [0.2, 0.25) is 0 Å². The summed E-state index contributed by atoms with van der Waals surface area (Å²) in [7, 11) is 2.23. The zero-order chi connectivity index (χ0) is 16.1. The molecule has 0 atom stereocenters. The monoisotopic (exact) mass is 316 g/mol. The van der Waals surface area contributed by atoms with Crippen molar-refractivity contribution in [1.29, 1.82) is 0 Å². The Balaban J connectivity index is 1.42. The van der Waals surface area contributed by atoms with Crippen LogP contribution in [0.25, 0.3) is 0 Å². The molecule has 2 fully saturated rings. The molecule has 2 aliphatic rings. The number of hydrogen-bond acceptors (Lipinski definition) is 5. The number of rotatable bonds is 6. The number of aromatic nitrogens is 1. The van der Waals surface area contributed by atoms with Crippen LogP contribution in [0.15, 0.2) is 18.2 Å². The largest absolute Gasteiger partial charge is 0.353 e. The quantitative estimate of drug-likeness (QED) is 0.750. The van der Waals surface area contributed by atoms with Crippen molar-refractivity contribution in [3.8, 4) is 0 Å². The number of nitrogens with zero attached hydrogens (tertiary/aromatic N) is 4. The van der Waals surface area contributed by atoms with Crippen LogP contribution in [0.1, 0.15) is 36.2 Å². The van der Waals surface area contributed by atoms with Gasteiger partial charge in [-0.1, -0.05) is 18.9 Å². The normalized spacial score (nSPS) is 20.3. The minimum Gasteiger partial charge on any atom is -0.353 e. The average molecular weight is 316 g/mol. The smallest absolute Gasteiger partial charge is 0.168 e. The summed E-state index contributed by atoms with van der Waals surface area (Å²) in [5.41, 5.74) is 0.514. The van der Waals surface area contributed by atoms with Crippen molar-refractivity contribution in [3.05, 3.63) is 23.9 Å². The molecule has 3 heterocycles. The Morgan fingerprint density at radius 2 is 1.96 bits per heavy atom. The molecule has 0 saturated carbocycles. The maximum absolute atomic E-state index is 10.8. The van der Waals surface area contributed by atoms with Crippen LogP contribution in [0.5, 0.6) is 0 Å². The summed E-state index contributed by atoms with van der Waals surface area (Å²) in [6.45, 7) is 6.88. The second-order valence-corrected chi connectivity index (χ2v) is 6.83. The van der Waals surface area contributed by atoms with Crippen molar-refractivity contribution < 1.29 is 4.79 Å². The summed E-state index contributed by atoms with van der Waals surface area (Å²) >= 11 is 0. The van der Waals surface area contributed by atoms with Crippen LogP contribution in [0.2, 0.25) is 0 Å². The van der Waals surface area contributed by atoms with Gasteiger partial charge in [0.15, 0.2) is 6.29 Å². The van der Waals surface area contributed by atoms with Crippen LogP contribution < -0.4 is 4.90 Å². The van der Waals surface area contributed by atoms with E-state index in [1.54, 1.807) is 6.07 Å². The molecule has 5 nitrogen and oxygen atoms in total. The van der Waals surface area contributed by atoms with E-state index in [1.165, 1.54) is 45.3 Å². The third-order valence-electron chi connectivity index (χ3n) is 5.15. The lowest BCUT2D eigenvalue weighted by molar-refractivity contribution is 0.111. The van der Waals surface area contributed by atoms with Gasteiger partial charge in [-0.25, -0.2) is 4.98 Å². The molecule has 0 amide bonds. The van der Waals surface area contributed by atoms with E-state index >= 15 is 0 Å². The summed E-state index contributed by atoms with van der Waals surface area (Å²) in [4.78, 5) is 22.5. The van der Waals surface area contributed by atoms with E-state index in [9.17, 15) is 4.79 Å². The van der Waals surface area contributed by atoms with Gasteiger partial charge in [-0.2, -0.15) is 0 Å². The van der Waals surface area contributed by atoms with Crippen LogP contribution in [0, 0.1) is 0 Å². The van der Waals surface area contributed by atoms with Crippen molar-refractivity contribution >= 4 is 12.1 Å². The molecule has 1 aromatic rings. The van der Waals surface area contributed by atoms with Gasteiger partial charge in [0.1, 0.15) is 11.5 Å². The molecule has 23 heavy (non-hydrogen) atoms. The zero-order valence-electron chi connectivity index (χ0n) is 14.2. The van der Waals surface area contributed by atoms with E-state index < -0.39 is 0 Å². The molecule has 2 aliphatic heterocycles. The van der Waals surface area contributed by atoms with Crippen LogP contribution in [-0.2, 0) is 0 Å². The second kappa shape index (κ2) is 7.88. The number of hydrogen-bond donors (Lipinski definition) is 0. The number of anilines is 1. The molecular formula is C18H28N4O. The highest BCUT2D eigenvalue weighted by Gasteiger charge is 2.30. The van der Waals surface area contributed by atoms with Gasteiger partial charge in [0, 0.05) is 32.2 Å². The Morgan fingerprint density at radius 1 is 1.22 bits per heavy atom. The van der Waals surface area contributed by atoms with Gasteiger partial charge in [-0.3, -0.25) is 9.69 Å². The van der Waals surface area contributed by atoms with Gasteiger partial charge >= 0.3 is 0 Å². The highest BCUT2D eigenvalue weighted by atomic mass is 16.1. The van der Waals surface area contributed by atoms with Gasteiger partial charge in [0.05, 0.1) is 0 Å². The fourth-order valence-electron chi connectivity index (χ4n) is 3.44. The lowest BCUT2D eigenvalue weighted by Crippen LogP contribution is -2.59. The fourth-order valence-corrected chi connectivity index (χ4v) is 3.44. The Hall–Kier alpha value is -1.46. The van der Waals surface area contributed by atoms with Gasteiger partial charge in [0.25, 0.3) is 0 Å². The van der Waals surface area contributed by atoms with E-state index in [4.69, 9.17) is 0 Å². The summed E-state index contributed by atoms with van der Waals surface area (Å²) in [5, 5.41) is 0. The standard InChI is InChI=1S/C18H28N4O/c1-20(11-12-21-9-4-2-3-5-10-21)17-13-22(14-17)18-8-6-7-16(15-23)19-18/h6-8,15,17H,2-5,9-14H2,1H3. The van der Waals surface area contributed by atoms with Crippen molar-refractivity contribution in [2.24, 2.45) is 0 Å². The Bertz CT molecular complexity index is 507. The zero-order valence-corrected chi connectivity index (χ0v) is 14.2. The molecule has 0 unspecified atom stereocenters. The first kappa shape index (κ1) is 16.4. The minimum absolute atomic E-state index is 0.514. The van der Waals surface area contributed by atoms with Gasteiger partial charge < -0.3 is 9.80 Å². The first-order chi connectivity index (χ1) is 11.3. The molecule has 2 saturated heterocycles. The van der Waals surface area contributed by atoms with Crippen LogP contribution in [0.4, 0.5) is 5.82 Å². The van der Waals surface area contributed by atoms with Crippen molar-refractivity contribution in [3.63, 3.8) is 0 Å². The summed E-state index contributed by atoms with van der Waals surface area (Å²) in [5.74, 6) is 0.923. The van der Waals surface area contributed by atoms with Crippen LogP contribution in [0.3, 0.4) is 0 Å². The molecule has 5 heteroatoms. The molecule has 0 aliphatic carbocycles. The predicted octanol–water partition coefficient (Wildman–Crippen LogP) is 1.89. The average Bonchev–Trinajstić information content (AvgIpc) is 2.80.